The van der Waals surface area contributed by atoms with Crippen LogP contribution in [0.4, 0.5) is 0 Å². The highest BCUT2D eigenvalue weighted by Crippen LogP contribution is 2.00. The predicted molar refractivity (Wildman–Crippen MR) is 59.7 cm³/mol. The van der Waals surface area contributed by atoms with Crippen LogP contribution in [0.2, 0.25) is 0 Å². The summed E-state index contributed by atoms with van der Waals surface area (Å²) in [5, 5.41) is 3.56. The van der Waals surface area contributed by atoms with Crippen molar-refractivity contribution in [3.8, 4) is 11.8 Å². The Labute approximate surface area is 83.3 Å². The number of rotatable bonds is 5. The molecule has 0 bridgehead atoms. The first kappa shape index (κ1) is 12.5. The number of hydrogen-bond acceptors (Lipinski definition) is 1. The molecule has 0 saturated carbocycles. The van der Waals surface area contributed by atoms with Crippen molar-refractivity contribution in [1.82, 2.24) is 5.32 Å². The van der Waals surface area contributed by atoms with Gasteiger partial charge in [-0.05, 0) is 19.3 Å². The number of nitrogens with one attached hydrogen (secondary N) is 1. The summed E-state index contributed by atoms with van der Waals surface area (Å²) in [7, 11) is 0. The average Bonchev–Trinajstić information content (AvgIpc) is 2.19. The van der Waals surface area contributed by atoms with Gasteiger partial charge in [0.15, 0.2) is 0 Å². The Bertz CT molecular complexity index is 160. The molecule has 1 atom stereocenters. The van der Waals surface area contributed by atoms with Gasteiger partial charge in [0, 0.05) is 12.5 Å². The first-order valence-electron chi connectivity index (χ1n) is 5.52. The van der Waals surface area contributed by atoms with Crippen molar-refractivity contribution in [2.45, 2.75) is 65.5 Å². The summed E-state index contributed by atoms with van der Waals surface area (Å²) >= 11 is 0. The van der Waals surface area contributed by atoms with E-state index in [2.05, 4.69) is 44.9 Å². The van der Waals surface area contributed by atoms with E-state index in [0.717, 1.165) is 12.8 Å². The third-order valence-electron chi connectivity index (χ3n) is 2.28. The van der Waals surface area contributed by atoms with Gasteiger partial charge >= 0.3 is 0 Å². The lowest BCUT2D eigenvalue weighted by atomic mass is 10.1. The Morgan fingerprint density at radius 3 is 2.00 bits per heavy atom. The van der Waals surface area contributed by atoms with Crippen molar-refractivity contribution < 1.29 is 0 Å². The minimum absolute atomic E-state index is 0.393. The lowest BCUT2D eigenvalue weighted by Crippen LogP contribution is -2.36. The lowest BCUT2D eigenvalue weighted by molar-refractivity contribution is 0.446. The van der Waals surface area contributed by atoms with E-state index in [0.29, 0.717) is 12.1 Å². The smallest absolute Gasteiger partial charge is 0.0689 e. The van der Waals surface area contributed by atoms with Gasteiger partial charge in [0.2, 0.25) is 0 Å². The molecule has 0 spiro atoms. The summed E-state index contributed by atoms with van der Waals surface area (Å²) in [5.74, 6) is 6.40. The molecule has 0 heterocycles. The SMILES string of the molecule is CCC#CC(CC)NC(CC)CC. The fourth-order valence-corrected chi connectivity index (χ4v) is 1.30. The monoisotopic (exact) mass is 181 g/mol. The standard InChI is InChI=1S/C12H23N/c1-5-9-10-12(8-4)13-11(6-2)7-3/h11-13H,5-8H2,1-4H3. The van der Waals surface area contributed by atoms with Crippen LogP contribution in [0, 0.1) is 11.8 Å². The molecule has 0 amide bonds. The zero-order valence-electron chi connectivity index (χ0n) is 9.48. The molecule has 0 aliphatic rings. The van der Waals surface area contributed by atoms with Crippen LogP contribution in [-0.4, -0.2) is 12.1 Å². The van der Waals surface area contributed by atoms with Gasteiger partial charge in [-0.25, -0.2) is 0 Å². The molecule has 1 unspecified atom stereocenters. The Kier molecular flexibility index (Phi) is 7.83. The van der Waals surface area contributed by atoms with E-state index in [1.54, 1.807) is 0 Å². The summed E-state index contributed by atoms with van der Waals surface area (Å²) in [5.41, 5.74) is 0. The highest BCUT2D eigenvalue weighted by atomic mass is 14.9. The molecule has 76 valence electrons. The van der Waals surface area contributed by atoms with Crippen molar-refractivity contribution in [2.24, 2.45) is 0 Å². The Morgan fingerprint density at radius 2 is 1.62 bits per heavy atom. The summed E-state index contributed by atoms with van der Waals surface area (Å²) < 4.78 is 0. The van der Waals surface area contributed by atoms with E-state index in [4.69, 9.17) is 0 Å². The van der Waals surface area contributed by atoms with Crippen LogP contribution in [0.25, 0.3) is 0 Å². The normalized spacial score (nSPS) is 12.4. The van der Waals surface area contributed by atoms with E-state index < -0.39 is 0 Å². The lowest BCUT2D eigenvalue weighted by Gasteiger charge is -2.19. The molecule has 0 aromatic heterocycles. The molecule has 0 aliphatic heterocycles. The van der Waals surface area contributed by atoms with Crippen molar-refractivity contribution in [2.75, 3.05) is 0 Å². The van der Waals surface area contributed by atoms with Crippen molar-refractivity contribution in [3.05, 3.63) is 0 Å². The average molecular weight is 181 g/mol. The molecule has 0 radical (unpaired) electrons. The molecule has 0 aliphatic carbocycles. The van der Waals surface area contributed by atoms with Crippen LogP contribution < -0.4 is 5.32 Å². The van der Waals surface area contributed by atoms with Crippen LogP contribution in [0.1, 0.15) is 53.4 Å². The Balaban J connectivity index is 3.95. The molecular weight excluding hydrogens is 158 g/mol. The fourth-order valence-electron chi connectivity index (χ4n) is 1.30. The van der Waals surface area contributed by atoms with Crippen molar-refractivity contribution in [1.29, 1.82) is 0 Å². The van der Waals surface area contributed by atoms with E-state index in [-0.39, 0.29) is 0 Å². The van der Waals surface area contributed by atoms with Crippen LogP contribution >= 0.6 is 0 Å². The maximum absolute atomic E-state index is 3.56. The topological polar surface area (TPSA) is 12.0 Å². The van der Waals surface area contributed by atoms with Gasteiger partial charge < -0.3 is 5.32 Å². The van der Waals surface area contributed by atoms with E-state index in [1.807, 2.05) is 0 Å². The zero-order valence-corrected chi connectivity index (χ0v) is 9.48. The number of hydrogen-bond donors (Lipinski definition) is 1. The second-order valence-corrected chi connectivity index (χ2v) is 3.32. The quantitative estimate of drug-likeness (QED) is 0.643. The Morgan fingerprint density at radius 1 is 1.00 bits per heavy atom. The van der Waals surface area contributed by atoms with Crippen LogP contribution in [0.3, 0.4) is 0 Å². The molecular formula is C12H23N. The minimum Gasteiger partial charge on any atom is -0.301 e. The highest BCUT2D eigenvalue weighted by molar-refractivity contribution is 5.07. The maximum atomic E-state index is 3.56. The van der Waals surface area contributed by atoms with Gasteiger partial charge in [-0.2, -0.15) is 0 Å². The van der Waals surface area contributed by atoms with Gasteiger partial charge in [0.25, 0.3) is 0 Å². The molecule has 0 aromatic rings. The molecule has 0 rings (SSSR count). The Hall–Kier alpha value is -0.480. The van der Waals surface area contributed by atoms with Crippen LogP contribution in [-0.2, 0) is 0 Å². The van der Waals surface area contributed by atoms with Crippen LogP contribution in [0.15, 0.2) is 0 Å². The van der Waals surface area contributed by atoms with Crippen molar-refractivity contribution in [3.63, 3.8) is 0 Å². The summed E-state index contributed by atoms with van der Waals surface area (Å²) in [6, 6.07) is 1.03. The third-order valence-corrected chi connectivity index (χ3v) is 2.28. The second-order valence-electron chi connectivity index (χ2n) is 3.32. The van der Waals surface area contributed by atoms with Gasteiger partial charge in [-0.15, -0.1) is 5.92 Å². The molecule has 1 N–H and O–H groups in total. The van der Waals surface area contributed by atoms with Gasteiger partial charge in [0.05, 0.1) is 6.04 Å². The van der Waals surface area contributed by atoms with Gasteiger partial charge in [-0.1, -0.05) is 33.6 Å². The fraction of sp³-hybridized carbons (Fsp3) is 0.833. The summed E-state index contributed by atoms with van der Waals surface area (Å²) in [6.45, 7) is 8.73. The molecule has 0 saturated heterocycles. The summed E-state index contributed by atoms with van der Waals surface area (Å²) in [4.78, 5) is 0. The predicted octanol–water partition coefficient (Wildman–Crippen LogP) is 2.96. The van der Waals surface area contributed by atoms with Crippen molar-refractivity contribution >= 4 is 0 Å². The van der Waals surface area contributed by atoms with E-state index in [9.17, 15) is 0 Å². The molecule has 13 heavy (non-hydrogen) atoms. The molecule has 1 heteroatoms. The third kappa shape index (κ3) is 5.71. The molecule has 1 nitrogen and oxygen atoms in total. The van der Waals surface area contributed by atoms with E-state index in [1.165, 1.54) is 12.8 Å². The molecule has 0 fully saturated rings. The first-order chi connectivity index (χ1) is 6.28. The largest absolute Gasteiger partial charge is 0.301 e. The van der Waals surface area contributed by atoms with Gasteiger partial charge in [-0.3, -0.25) is 0 Å². The maximum Gasteiger partial charge on any atom is 0.0689 e. The zero-order chi connectivity index (χ0) is 10.1. The van der Waals surface area contributed by atoms with E-state index >= 15 is 0 Å². The van der Waals surface area contributed by atoms with Crippen LogP contribution in [0.5, 0.6) is 0 Å². The van der Waals surface area contributed by atoms with Gasteiger partial charge in [0.1, 0.15) is 0 Å². The molecule has 0 aromatic carbocycles. The highest BCUT2D eigenvalue weighted by Gasteiger charge is 2.07. The summed E-state index contributed by atoms with van der Waals surface area (Å²) in [6.07, 6.45) is 4.45. The second kappa shape index (κ2) is 8.13. The first-order valence-corrected chi connectivity index (χ1v) is 5.52. The minimum atomic E-state index is 0.393.